The van der Waals surface area contributed by atoms with Crippen molar-refractivity contribution in [3.8, 4) is 5.69 Å². The highest BCUT2D eigenvalue weighted by molar-refractivity contribution is 5.80. The molecule has 0 bridgehead atoms. The van der Waals surface area contributed by atoms with Gasteiger partial charge in [0.25, 0.3) is 0 Å². The van der Waals surface area contributed by atoms with Crippen molar-refractivity contribution < 1.29 is 4.39 Å². The van der Waals surface area contributed by atoms with Gasteiger partial charge in [-0.1, -0.05) is 12.8 Å². The van der Waals surface area contributed by atoms with E-state index >= 15 is 0 Å². The highest BCUT2D eigenvalue weighted by Gasteiger charge is 2.40. The third kappa shape index (κ3) is 3.99. The van der Waals surface area contributed by atoms with Crippen LogP contribution in [0, 0.1) is 11.2 Å². The molecule has 0 unspecified atom stereocenters. The van der Waals surface area contributed by atoms with Crippen LogP contribution in [-0.4, -0.2) is 47.3 Å². The zero-order valence-electron chi connectivity index (χ0n) is 16.0. The fraction of sp³-hybridized carbons (Fsp3) is 0.524. The van der Waals surface area contributed by atoms with Crippen molar-refractivity contribution in [3.63, 3.8) is 0 Å². The van der Waals surface area contributed by atoms with Crippen LogP contribution < -0.4 is 5.32 Å². The SMILES string of the molecule is CN=C(NCCc1ccn(-c2ccc(F)cc2)n1)N1CCC2(CCCC2)C1. The predicted molar refractivity (Wildman–Crippen MR) is 106 cm³/mol. The first-order valence-electron chi connectivity index (χ1n) is 9.94. The van der Waals surface area contributed by atoms with E-state index in [1.807, 2.05) is 19.3 Å². The summed E-state index contributed by atoms with van der Waals surface area (Å²) >= 11 is 0. The van der Waals surface area contributed by atoms with Crippen molar-refractivity contribution in [1.82, 2.24) is 20.0 Å². The van der Waals surface area contributed by atoms with Crippen molar-refractivity contribution in [2.45, 2.75) is 38.5 Å². The molecule has 2 heterocycles. The number of halogens is 1. The van der Waals surface area contributed by atoms with E-state index in [2.05, 4.69) is 20.3 Å². The number of hydrogen-bond acceptors (Lipinski definition) is 2. The number of guanidine groups is 1. The average Bonchev–Trinajstić information content (AvgIpc) is 3.42. The topological polar surface area (TPSA) is 45.5 Å². The maximum Gasteiger partial charge on any atom is 0.193 e. The number of rotatable bonds is 4. The third-order valence-corrected chi connectivity index (χ3v) is 6.01. The Kier molecular flexibility index (Phi) is 5.14. The summed E-state index contributed by atoms with van der Waals surface area (Å²) in [7, 11) is 1.87. The molecule has 1 N–H and O–H groups in total. The lowest BCUT2D eigenvalue weighted by Crippen LogP contribution is -2.41. The normalized spacial score (nSPS) is 19.2. The van der Waals surface area contributed by atoms with E-state index in [1.54, 1.807) is 16.8 Å². The molecule has 0 radical (unpaired) electrons. The minimum Gasteiger partial charge on any atom is -0.356 e. The van der Waals surface area contributed by atoms with Gasteiger partial charge in [0.1, 0.15) is 5.82 Å². The van der Waals surface area contributed by atoms with Gasteiger partial charge in [-0.2, -0.15) is 5.10 Å². The fourth-order valence-corrected chi connectivity index (χ4v) is 4.52. The fourth-order valence-electron chi connectivity index (χ4n) is 4.52. The number of aliphatic imine (C=N–C) groups is 1. The van der Waals surface area contributed by atoms with Gasteiger partial charge in [-0.3, -0.25) is 4.99 Å². The van der Waals surface area contributed by atoms with E-state index in [1.165, 1.54) is 44.2 Å². The molecule has 1 aliphatic carbocycles. The number of likely N-dealkylation sites (tertiary alicyclic amines) is 1. The van der Waals surface area contributed by atoms with Gasteiger partial charge in [-0.25, -0.2) is 9.07 Å². The molecule has 144 valence electrons. The van der Waals surface area contributed by atoms with Crippen LogP contribution >= 0.6 is 0 Å². The standard InChI is InChI=1S/C21H28FN5/c1-23-20(26-15-12-21(16-26)10-2-3-11-21)24-13-8-18-9-14-27(25-18)19-6-4-17(22)5-7-19/h4-7,9,14H,2-3,8,10-13,15-16H2,1H3,(H,23,24). The Bertz CT molecular complexity index is 789. The summed E-state index contributed by atoms with van der Waals surface area (Å²) in [6, 6.07) is 8.39. The second kappa shape index (κ2) is 7.71. The summed E-state index contributed by atoms with van der Waals surface area (Å²) in [4.78, 5) is 6.91. The molecule has 2 fully saturated rings. The van der Waals surface area contributed by atoms with Crippen molar-refractivity contribution in [2.24, 2.45) is 10.4 Å². The van der Waals surface area contributed by atoms with Gasteiger partial charge in [0.15, 0.2) is 5.96 Å². The lowest BCUT2D eigenvalue weighted by Gasteiger charge is -2.25. The first-order chi connectivity index (χ1) is 13.2. The Morgan fingerprint density at radius 3 is 2.70 bits per heavy atom. The molecule has 2 aromatic rings. The quantitative estimate of drug-likeness (QED) is 0.664. The molecule has 1 aromatic carbocycles. The maximum absolute atomic E-state index is 13.1. The molecule has 0 atom stereocenters. The third-order valence-electron chi connectivity index (χ3n) is 6.01. The molecule has 1 spiro atoms. The first-order valence-corrected chi connectivity index (χ1v) is 9.94. The minimum atomic E-state index is -0.233. The first kappa shape index (κ1) is 18.0. The van der Waals surface area contributed by atoms with E-state index in [4.69, 9.17) is 0 Å². The van der Waals surface area contributed by atoms with Crippen LogP contribution in [0.15, 0.2) is 41.5 Å². The van der Waals surface area contributed by atoms with Crippen molar-refractivity contribution >= 4 is 5.96 Å². The molecule has 1 saturated heterocycles. The molecule has 27 heavy (non-hydrogen) atoms. The molecule has 5 nitrogen and oxygen atoms in total. The highest BCUT2D eigenvalue weighted by Crippen LogP contribution is 2.45. The largest absolute Gasteiger partial charge is 0.356 e. The Hall–Kier alpha value is -2.37. The highest BCUT2D eigenvalue weighted by atomic mass is 19.1. The van der Waals surface area contributed by atoms with Crippen LogP contribution in [0.1, 0.15) is 37.8 Å². The maximum atomic E-state index is 13.1. The Balaban J connectivity index is 1.29. The number of hydrogen-bond donors (Lipinski definition) is 1. The summed E-state index contributed by atoms with van der Waals surface area (Å²) in [6.07, 6.45) is 9.57. The van der Waals surface area contributed by atoms with Crippen LogP contribution in [0.5, 0.6) is 0 Å². The van der Waals surface area contributed by atoms with Gasteiger partial charge in [-0.15, -0.1) is 0 Å². The summed E-state index contributed by atoms with van der Waals surface area (Å²) in [6.45, 7) is 3.06. The van der Waals surface area contributed by atoms with Gasteiger partial charge in [-0.05, 0) is 55.0 Å². The molecule has 1 saturated carbocycles. The molecular weight excluding hydrogens is 341 g/mol. The zero-order valence-corrected chi connectivity index (χ0v) is 16.0. The Morgan fingerprint density at radius 1 is 1.19 bits per heavy atom. The smallest absolute Gasteiger partial charge is 0.193 e. The van der Waals surface area contributed by atoms with Crippen LogP contribution in [0.2, 0.25) is 0 Å². The minimum absolute atomic E-state index is 0.233. The second-order valence-corrected chi connectivity index (χ2v) is 7.83. The molecule has 2 aliphatic rings. The summed E-state index contributed by atoms with van der Waals surface area (Å²) in [5, 5.41) is 8.09. The van der Waals surface area contributed by atoms with E-state index in [0.717, 1.165) is 43.4 Å². The van der Waals surface area contributed by atoms with E-state index in [0.29, 0.717) is 5.41 Å². The zero-order chi connectivity index (χ0) is 18.7. The van der Waals surface area contributed by atoms with Gasteiger partial charge in [0, 0.05) is 39.3 Å². The number of aromatic nitrogens is 2. The number of nitrogens with zero attached hydrogens (tertiary/aromatic N) is 4. The lowest BCUT2D eigenvalue weighted by molar-refractivity contribution is 0.309. The van der Waals surface area contributed by atoms with Crippen molar-refractivity contribution in [3.05, 3.63) is 48.0 Å². The Morgan fingerprint density at radius 2 is 1.96 bits per heavy atom. The van der Waals surface area contributed by atoms with Crippen molar-refractivity contribution in [1.29, 1.82) is 0 Å². The summed E-state index contributed by atoms with van der Waals surface area (Å²) in [5.41, 5.74) is 2.42. The van der Waals surface area contributed by atoms with Crippen LogP contribution in [-0.2, 0) is 6.42 Å². The van der Waals surface area contributed by atoms with Crippen LogP contribution in [0.4, 0.5) is 4.39 Å². The van der Waals surface area contributed by atoms with Gasteiger partial charge < -0.3 is 10.2 Å². The van der Waals surface area contributed by atoms with E-state index < -0.39 is 0 Å². The molecular formula is C21H28FN5. The molecule has 6 heteroatoms. The monoisotopic (exact) mass is 369 g/mol. The van der Waals surface area contributed by atoms with Gasteiger partial charge in [0.2, 0.25) is 0 Å². The lowest BCUT2D eigenvalue weighted by atomic mass is 9.86. The van der Waals surface area contributed by atoms with Gasteiger partial charge >= 0.3 is 0 Å². The van der Waals surface area contributed by atoms with Crippen LogP contribution in [0.3, 0.4) is 0 Å². The second-order valence-electron chi connectivity index (χ2n) is 7.83. The predicted octanol–water partition coefficient (Wildman–Crippen LogP) is 3.40. The number of benzene rings is 1. The average molecular weight is 369 g/mol. The molecule has 4 rings (SSSR count). The summed E-state index contributed by atoms with van der Waals surface area (Å²) < 4.78 is 14.8. The molecule has 1 aromatic heterocycles. The van der Waals surface area contributed by atoms with Crippen LogP contribution in [0.25, 0.3) is 5.69 Å². The van der Waals surface area contributed by atoms with Gasteiger partial charge in [0.05, 0.1) is 11.4 Å². The number of nitrogens with one attached hydrogen (secondary N) is 1. The Labute approximate surface area is 160 Å². The molecule has 1 aliphatic heterocycles. The van der Waals surface area contributed by atoms with E-state index in [-0.39, 0.29) is 5.82 Å². The van der Waals surface area contributed by atoms with Crippen molar-refractivity contribution in [2.75, 3.05) is 26.7 Å². The van der Waals surface area contributed by atoms with E-state index in [9.17, 15) is 4.39 Å². The summed E-state index contributed by atoms with van der Waals surface area (Å²) in [5.74, 6) is 0.778. The molecule has 0 amide bonds.